The molecule has 1 saturated heterocycles. The standard InChI is InChI=1S/C25H31N3O2/c1-18(20-8-5-4-6-9-20)28-14-12-19(13-15-28)16-26(2)25(30)23-17-27(3)24(29)22-11-7-10-21(22)23/h4-10,17-19H,11-16H2,1-3H3. The van der Waals surface area contributed by atoms with Crippen molar-refractivity contribution in [2.75, 3.05) is 26.7 Å². The van der Waals surface area contributed by atoms with Crippen molar-refractivity contribution in [3.8, 4) is 0 Å². The molecule has 0 saturated carbocycles. The molecule has 1 unspecified atom stereocenters. The summed E-state index contributed by atoms with van der Waals surface area (Å²) in [5, 5.41) is 0. The van der Waals surface area contributed by atoms with Crippen molar-refractivity contribution >= 4 is 12.0 Å². The molecule has 30 heavy (non-hydrogen) atoms. The zero-order valence-corrected chi connectivity index (χ0v) is 18.2. The summed E-state index contributed by atoms with van der Waals surface area (Å²) in [4.78, 5) is 29.8. The molecule has 4 rings (SSSR count). The Kier molecular flexibility index (Phi) is 5.91. The quantitative estimate of drug-likeness (QED) is 0.765. The molecular weight excluding hydrogens is 374 g/mol. The van der Waals surface area contributed by atoms with Crippen molar-refractivity contribution in [3.05, 3.63) is 75.2 Å². The Hall–Kier alpha value is -2.66. The maximum Gasteiger partial charge on any atom is 0.255 e. The first kappa shape index (κ1) is 20.6. The molecular formula is C25H31N3O2. The molecule has 1 fully saturated rings. The molecule has 0 N–H and O–H groups in total. The van der Waals surface area contributed by atoms with Crippen LogP contribution in [0.15, 0.2) is 47.4 Å². The fraction of sp³-hybridized carbons (Fsp3) is 0.440. The molecule has 1 aliphatic heterocycles. The van der Waals surface area contributed by atoms with Crippen LogP contribution in [-0.4, -0.2) is 47.0 Å². The van der Waals surface area contributed by atoms with Gasteiger partial charge in [-0.05, 0) is 56.3 Å². The van der Waals surface area contributed by atoms with Crippen LogP contribution in [0.3, 0.4) is 0 Å². The van der Waals surface area contributed by atoms with Gasteiger partial charge in [0.2, 0.25) is 0 Å². The lowest BCUT2D eigenvalue weighted by molar-refractivity contribution is 0.0720. The third kappa shape index (κ3) is 3.99. The summed E-state index contributed by atoms with van der Waals surface area (Å²) in [6.07, 6.45) is 8.39. The topological polar surface area (TPSA) is 45.5 Å². The minimum Gasteiger partial charge on any atom is -0.341 e. The van der Waals surface area contributed by atoms with Crippen LogP contribution in [0, 0.1) is 5.92 Å². The predicted octanol–water partition coefficient (Wildman–Crippen LogP) is 3.50. The van der Waals surface area contributed by atoms with Gasteiger partial charge in [0, 0.05) is 38.4 Å². The first-order valence-electron chi connectivity index (χ1n) is 10.9. The summed E-state index contributed by atoms with van der Waals surface area (Å²) in [5.74, 6) is 0.516. The lowest BCUT2D eigenvalue weighted by atomic mass is 9.94. The number of hydrogen-bond acceptors (Lipinski definition) is 3. The minimum absolute atomic E-state index is 0.00545. The number of rotatable bonds is 5. The third-order valence-electron chi connectivity index (χ3n) is 6.71. The maximum absolute atomic E-state index is 13.2. The maximum atomic E-state index is 13.2. The highest BCUT2D eigenvalue weighted by Crippen LogP contribution is 2.27. The second-order valence-corrected chi connectivity index (χ2v) is 8.71. The van der Waals surface area contributed by atoms with Gasteiger partial charge in [-0.1, -0.05) is 42.5 Å². The summed E-state index contributed by atoms with van der Waals surface area (Å²) in [7, 11) is 3.61. The highest BCUT2D eigenvalue weighted by atomic mass is 16.2. The van der Waals surface area contributed by atoms with Crippen molar-refractivity contribution in [3.63, 3.8) is 0 Å². The molecule has 5 heteroatoms. The fourth-order valence-corrected chi connectivity index (χ4v) is 4.81. The van der Waals surface area contributed by atoms with Gasteiger partial charge in [0.1, 0.15) is 0 Å². The first-order chi connectivity index (χ1) is 14.5. The highest BCUT2D eigenvalue weighted by molar-refractivity contribution is 5.98. The Labute approximate surface area is 178 Å². The van der Waals surface area contributed by atoms with E-state index in [4.69, 9.17) is 0 Å². The second kappa shape index (κ2) is 8.60. The molecule has 1 amide bonds. The number of allylic oxidation sites excluding steroid dienone is 1. The van der Waals surface area contributed by atoms with Crippen LogP contribution in [0.2, 0.25) is 0 Å². The fourth-order valence-electron chi connectivity index (χ4n) is 4.81. The Morgan fingerprint density at radius 3 is 2.60 bits per heavy atom. The van der Waals surface area contributed by atoms with Crippen LogP contribution >= 0.6 is 0 Å². The summed E-state index contributed by atoms with van der Waals surface area (Å²) in [6, 6.07) is 11.1. The molecule has 1 aromatic carbocycles. The van der Waals surface area contributed by atoms with E-state index in [-0.39, 0.29) is 11.5 Å². The van der Waals surface area contributed by atoms with Crippen LogP contribution in [0.1, 0.15) is 52.9 Å². The lowest BCUT2D eigenvalue weighted by Gasteiger charge is -2.37. The molecule has 2 aliphatic rings. The number of amides is 1. The molecule has 0 radical (unpaired) electrons. The zero-order valence-electron chi connectivity index (χ0n) is 18.2. The van der Waals surface area contributed by atoms with Crippen LogP contribution in [0.25, 0.3) is 6.08 Å². The number of carbonyl (C=O) groups excluding carboxylic acids is 1. The molecule has 2 heterocycles. The Balaban J connectivity index is 1.38. The number of benzene rings is 1. The van der Waals surface area contributed by atoms with E-state index in [0.717, 1.165) is 43.6 Å². The van der Waals surface area contributed by atoms with Crippen molar-refractivity contribution in [2.45, 2.75) is 32.2 Å². The molecule has 158 valence electrons. The largest absolute Gasteiger partial charge is 0.341 e. The van der Waals surface area contributed by atoms with E-state index in [1.807, 2.05) is 24.1 Å². The van der Waals surface area contributed by atoms with Gasteiger partial charge in [0.25, 0.3) is 11.5 Å². The summed E-state index contributed by atoms with van der Waals surface area (Å²) in [5.41, 5.74) is 3.54. The molecule has 5 nitrogen and oxygen atoms in total. The van der Waals surface area contributed by atoms with Crippen LogP contribution in [0.4, 0.5) is 0 Å². The summed E-state index contributed by atoms with van der Waals surface area (Å²) >= 11 is 0. The monoisotopic (exact) mass is 405 g/mol. The molecule has 1 atom stereocenters. The summed E-state index contributed by atoms with van der Waals surface area (Å²) in [6.45, 7) is 5.15. The number of carbonyl (C=O) groups is 1. The van der Waals surface area contributed by atoms with Gasteiger partial charge in [-0.2, -0.15) is 0 Å². The van der Waals surface area contributed by atoms with Crippen molar-refractivity contribution in [1.29, 1.82) is 0 Å². The third-order valence-corrected chi connectivity index (χ3v) is 6.71. The van der Waals surface area contributed by atoms with Crippen molar-refractivity contribution < 1.29 is 4.79 Å². The highest BCUT2D eigenvalue weighted by Gasteiger charge is 2.27. The minimum atomic E-state index is -0.00545. The Morgan fingerprint density at radius 1 is 1.20 bits per heavy atom. The zero-order chi connectivity index (χ0) is 21.3. The van der Waals surface area contributed by atoms with Gasteiger partial charge in [-0.3, -0.25) is 14.5 Å². The van der Waals surface area contributed by atoms with E-state index in [1.165, 1.54) is 10.1 Å². The molecule has 0 spiro atoms. The van der Waals surface area contributed by atoms with Gasteiger partial charge < -0.3 is 9.47 Å². The van der Waals surface area contributed by atoms with E-state index in [0.29, 0.717) is 23.9 Å². The molecule has 2 aromatic rings. The molecule has 1 aromatic heterocycles. The number of aryl methyl sites for hydroxylation is 1. The number of nitrogens with zero attached hydrogens (tertiary/aromatic N) is 3. The van der Waals surface area contributed by atoms with Gasteiger partial charge >= 0.3 is 0 Å². The van der Waals surface area contributed by atoms with Crippen molar-refractivity contribution in [2.24, 2.45) is 13.0 Å². The van der Waals surface area contributed by atoms with Gasteiger partial charge in [0.15, 0.2) is 0 Å². The lowest BCUT2D eigenvalue weighted by Crippen LogP contribution is -2.40. The number of fused-ring (bicyclic) bond motifs is 1. The van der Waals surface area contributed by atoms with Crippen molar-refractivity contribution in [1.82, 2.24) is 14.4 Å². The number of piperidine rings is 1. The average Bonchev–Trinajstić information content (AvgIpc) is 3.26. The van der Waals surface area contributed by atoms with E-state index in [2.05, 4.69) is 42.2 Å². The van der Waals surface area contributed by atoms with Gasteiger partial charge in [0.05, 0.1) is 5.56 Å². The van der Waals surface area contributed by atoms with E-state index in [1.54, 1.807) is 13.2 Å². The Bertz CT molecular complexity index is 1000. The Morgan fingerprint density at radius 2 is 1.90 bits per heavy atom. The number of hydrogen-bond donors (Lipinski definition) is 0. The van der Waals surface area contributed by atoms with Gasteiger partial charge in [-0.15, -0.1) is 0 Å². The van der Waals surface area contributed by atoms with Crippen LogP contribution in [-0.2, 0) is 13.5 Å². The van der Waals surface area contributed by atoms with E-state index >= 15 is 0 Å². The first-order valence-corrected chi connectivity index (χ1v) is 10.9. The summed E-state index contributed by atoms with van der Waals surface area (Å²) < 4.78 is 1.54. The number of likely N-dealkylation sites (tertiary alicyclic amines) is 1. The predicted molar refractivity (Wildman–Crippen MR) is 121 cm³/mol. The molecule has 0 bridgehead atoms. The van der Waals surface area contributed by atoms with E-state index < -0.39 is 0 Å². The van der Waals surface area contributed by atoms with Crippen LogP contribution in [0.5, 0.6) is 0 Å². The normalized spacial score (nSPS) is 17.7. The SMILES string of the molecule is CC(c1ccccc1)N1CCC(CN(C)C(=O)c2cn(C)c(=O)c3c2C=CC3)CC1. The average molecular weight is 406 g/mol. The molecule has 1 aliphatic carbocycles. The number of aromatic nitrogens is 1. The second-order valence-electron chi connectivity index (χ2n) is 8.71. The van der Waals surface area contributed by atoms with E-state index in [9.17, 15) is 9.59 Å². The smallest absolute Gasteiger partial charge is 0.255 e. The van der Waals surface area contributed by atoms with Gasteiger partial charge in [-0.25, -0.2) is 0 Å². The number of pyridine rings is 1. The van der Waals surface area contributed by atoms with Crippen LogP contribution < -0.4 is 5.56 Å².